The highest BCUT2D eigenvalue weighted by molar-refractivity contribution is 6.00. The lowest BCUT2D eigenvalue weighted by molar-refractivity contribution is -0.383. The number of halogens is 2. The molecule has 2 fully saturated rings. The van der Waals surface area contributed by atoms with Crippen molar-refractivity contribution < 1.29 is 13.7 Å². The summed E-state index contributed by atoms with van der Waals surface area (Å²) in [5, 5.41) is 15.2. The summed E-state index contributed by atoms with van der Waals surface area (Å²) in [6.45, 7) is 7.35. The maximum absolute atomic E-state index is 14.8. The molecule has 2 aromatic rings. The van der Waals surface area contributed by atoms with Crippen molar-refractivity contribution in [2.75, 3.05) is 89.8 Å². The van der Waals surface area contributed by atoms with Crippen LogP contribution in [-0.4, -0.2) is 104 Å². The van der Waals surface area contributed by atoms with Gasteiger partial charge >= 0.3 is 5.69 Å². The number of rotatable bonds is 6. The molecular weight excluding hydrogens is 420 g/mol. The first-order valence-corrected chi connectivity index (χ1v) is 10.9. The van der Waals surface area contributed by atoms with Gasteiger partial charge < -0.3 is 20.0 Å². The number of nitro groups is 1. The van der Waals surface area contributed by atoms with Crippen LogP contribution in [-0.2, 0) is 0 Å². The van der Waals surface area contributed by atoms with Gasteiger partial charge in [0.15, 0.2) is 0 Å². The Morgan fingerprint density at radius 2 is 1.66 bits per heavy atom. The van der Waals surface area contributed by atoms with Crippen molar-refractivity contribution in [2.45, 2.75) is 0 Å². The maximum Gasteiger partial charge on any atom is 0.335 e. The van der Waals surface area contributed by atoms with E-state index in [9.17, 15) is 18.9 Å². The Morgan fingerprint density at radius 1 is 1.03 bits per heavy atom. The van der Waals surface area contributed by atoms with E-state index in [-0.39, 0.29) is 28.1 Å². The Kier molecular flexibility index (Phi) is 6.68. The molecule has 0 aliphatic carbocycles. The molecule has 2 saturated heterocycles. The van der Waals surface area contributed by atoms with Crippen molar-refractivity contribution in [3.05, 3.63) is 33.9 Å². The molecule has 0 bridgehead atoms. The summed E-state index contributed by atoms with van der Waals surface area (Å²) in [6, 6.07) is 1.88. The molecule has 0 radical (unpaired) electrons. The van der Waals surface area contributed by atoms with Crippen molar-refractivity contribution in [3.8, 4) is 0 Å². The van der Waals surface area contributed by atoms with E-state index in [0.717, 1.165) is 51.4 Å². The Morgan fingerprint density at radius 3 is 2.28 bits per heavy atom. The Hall–Kier alpha value is -2.63. The first-order chi connectivity index (χ1) is 15.3. The second-order valence-corrected chi connectivity index (χ2v) is 8.56. The molecule has 0 spiro atoms. The molecule has 0 amide bonds. The van der Waals surface area contributed by atoms with Gasteiger partial charge in [0.1, 0.15) is 17.3 Å². The molecule has 0 saturated carbocycles. The van der Waals surface area contributed by atoms with E-state index in [1.165, 1.54) is 0 Å². The third-order valence-corrected chi connectivity index (χ3v) is 6.27. The zero-order valence-electron chi connectivity index (χ0n) is 18.5. The van der Waals surface area contributed by atoms with Crippen molar-refractivity contribution in [1.29, 1.82) is 0 Å². The third kappa shape index (κ3) is 4.74. The fourth-order valence-corrected chi connectivity index (χ4v) is 4.29. The Balaban J connectivity index is 1.70. The van der Waals surface area contributed by atoms with Gasteiger partial charge in [-0.25, -0.2) is 13.8 Å². The zero-order chi connectivity index (χ0) is 22.8. The Labute approximate surface area is 185 Å². The molecule has 9 nitrogen and oxygen atoms in total. The van der Waals surface area contributed by atoms with Crippen LogP contribution in [0.3, 0.4) is 0 Å². The SMILES string of the molecule is CN1CCN(CCNc2c([N+](=O)[O-])c(N3CCN(C)CC3)nc3cc(F)cc(F)c23)CC1. The topological polar surface area (TPSA) is 81.0 Å². The number of pyridine rings is 1. The summed E-state index contributed by atoms with van der Waals surface area (Å²) in [4.78, 5) is 24.5. The van der Waals surface area contributed by atoms with Crippen LogP contribution in [0.1, 0.15) is 0 Å². The van der Waals surface area contributed by atoms with Crippen LogP contribution in [0.4, 0.5) is 26.0 Å². The molecule has 174 valence electrons. The van der Waals surface area contributed by atoms with E-state index >= 15 is 0 Å². The number of hydrogen-bond donors (Lipinski definition) is 1. The predicted molar refractivity (Wildman–Crippen MR) is 120 cm³/mol. The van der Waals surface area contributed by atoms with Gasteiger partial charge in [-0.05, 0) is 14.1 Å². The number of nitrogens with one attached hydrogen (secondary N) is 1. The summed E-state index contributed by atoms with van der Waals surface area (Å²) >= 11 is 0. The minimum absolute atomic E-state index is 0.0469. The van der Waals surface area contributed by atoms with E-state index < -0.39 is 16.6 Å². The first kappa shape index (κ1) is 22.6. The molecular formula is C21H29F2N7O2. The highest BCUT2D eigenvalue weighted by Crippen LogP contribution is 2.41. The molecule has 1 aromatic heterocycles. The summed E-state index contributed by atoms with van der Waals surface area (Å²) < 4.78 is 28.8. The van der Waals surface area contributed by atoms with E-state index in [0.29, 0.717) is 26.2 Å². The lowest BCUT2D eigenvalue weighted by atomic mass is 10.1. The zero-order valence-corrected chi connectivity index (χ0v) is 18.5. The van der Waals surface area contributed by atoms with Crippen LogP contribution >= 0.6 is 0 Å². The molecule has 1 aromatic carbocycles. The van der Waals surface area contributed by atoms with Crippen molar-refractivity contribution in [1.82, 2.24) is 19.7 Å². The number of hydrogen-bond acceptors (Lipinski definition) is 8. The lowest BCUT2D eigenvalue weighted by Gasteiger charge is -2.33. The van der Waals surface area contributed by atoms with Gasteiger partial charge in [-0.15, -0.1) is 0 Å². The second-order valence-electron chi connectivity index (χ2n) is 8.56. The molecule has 3 heterocycles. The third-order valence-electron chi connectivity index (χ3n) is 6.27. The summed E-state index contributed by atoms with van der Waals surface area (Å²) in [5.41, 5.74) is -0.115. The number of fused-ring (bicyclic) bond motifs is 1. The highest BCUT2D eigenvalue weighted by atomic mass is 19.1. The number of benzene rings is 1. The largest absolute Gasteiger partial charge is 0.377 e. The minimum atomic E-state index is -0.859. The van der Waals surface area contributed by atoms with Gasteiger partial charge in [-0.1, -0.05) is 0 Å². The number of anilines is 2. The van der Waals surface area contributed by atoms with Crippen LogP contribution in [0.15, 0.2) is 12.1 Å². The quantitative estimate of drug-likeness (QED) is 0.529. The maximum atomic E-state index is 14.8. The minimum Gasteiger partial charge on any atom is -0.377 e. The van der Waals surface area contributed by atoms with Crippen LogP contribution in [0.25, 0.3) is 10.9 Å². The van der Waals surface area contributed by atoms with Crippen molar-refractivity contribution in [2.24, 2.45) is 0 Å². The van der Waals surface area contributed by atoms with E-state index in [4.69, 9.17) is 0 Å². The molecule has 4 rings (SSSR count). The van der Waals surface area contributed by atoms with E-state index in [1.807, 2.05) is 11.9 Å². The second kappa shape index (κ2) is 9.47. The smallest absolute Gasteiger partial charge is 0.335 e. The molecule has 0 atom stereocenters. The van der Waals surface area contributed by atoms with Gasteiger partial charge in [-0.3, -0.25) is 15.0 Å². The normalized spacial score (nSPS) is 18.9. The van der Waals surface area contributed by atoms with Crippen LogP contribution < -0.4 is 10.2 Å². The molecule has 0 unspecified atom stereocenters. The van der Waals surface area contributed by atoms with Gasteiger partial charge in [0, 0.05) is 77.6 Å². The van der Waals surface area contributed by atoms with Gasteiger partial charge in [0.2, 0.25) is 5.82 Å². The van der Waals surface area contributed by atoms with Gasteiger partial charge in [0.05, 0.1) is 15.8 Å². The predicted octanol–water partition coefficient (Wildman–Crippen LogP) is 1.83. The average molecular weight is 450 g/mol. The van der Waals surface area contributed by atoms with E-state index in [1.54, 1.807) is 0 Å². The average Bonchev–Trinajstić information content (AvgIpc) is 2.74. The fourth-order valence-electron chi connectivity index (χ4n) is 4.29. The summed E-state index contributed by atoms with van der Waals surface area (Å²) in [6.07, 6.45) is 0. The Bertz CT molecular complexity index is 990. The van der Waals surface area contributed by atoms with Crippen LogP contribution in [0.2, 0.25) is 0 Å². The number of nitrogens with zero attached hydrogens (tertiary/aromatic N) is 6. The number of likely N-dealkylation sites (N-methyl/N-ethyl adjacent to an activating group) is 2. The van der Waals surface area contributed by atoms with E-state index in [2.05, 4.69) is 32.0 Å². The monoisotopic (exact) mass is 449 g/mol. The number of piperazine rings is 2. The lowest BCUT2D eigenvalue weighted by Crippen LogP contribution is -2.46. The van der Waals surface area contributed by atoms with Crippen LogP contribution in [0, 0.1) is 21.7 Å². The van der Waals surface area contributed by atoms with Crippen LogP contribution in [0.5, 0.6) is 0 Å². The number of aromatic nitrogens is 1. The first-order valence-electron chi connectivity index (χ1n) is 10.9. The standard InChI is InChI=1S/C21H29F2N7O2/c1-26-5-9-28(10-6-26)4-3-24-19-18-16(23)13-15(22)14-17(18)25-21(20(19)30(31)32)29-11-7-27(2)8-12-29/h13-14H,3-12H2,1-2H3,(H,24,25). The van der Waals surface area contributed by atoms with Crippen molar-refractivity contribution >= 4 is 28.1 Å². The van der Waals surface area contributed by atoms with Gasteiger partial charge in [0.25, 0.3) is 0 Å². The fraction of sp³-hybridized carbons (Fsp3) is 0.571. The van der Waals surface area contributed by atoms with Crippen molar-refractivity contribution in [3.63, 3.8) is 0 Å². The molecule has 2 aliphatic rings. The molecule has 1 N–H and O–H groups in total. The summed E-state index contributed by atoms with van der Waals surface area (Å²) in [5.74, 6) is -1.46. The van der Waals surface area contributed by atoms with Gasteiger partial charge in [-0.2, -0.15) is 0 Å². The molecule has 32 heavy (non-hydrogen) atoms. The molecule has 2 aliphatic heterocycles. The summed E-state index contributed by atoms with van der Waals surface area (Å²) in [7, 11) is 4.06. The highest BCUT2D eigenvalue weighted by Gasteiger charge is 2.31. The molecule has 11 heteroatoms.